The standard InChI is InChI=1S/C14H22N4O/c1-3-11(15)12-6-5-10(9-17-12)18-8-7-16-14(19)13(18)4-2/h5-6,9,11,13H,3-4,7-8,15H2,1-2H3,(H,16,19)/t11-,13?/m0/s1. The summed E-state index contributed by atoms with van der Waals surface area (Å²) in [5.41, 5.74) is 7.86. The summed E-state index contributed by atoms with van der Waals surface area (Å²) in [5.74, 6) is 0.100. The number of hydrogen-bond donors (Lipinski definition) is 2. The highest BCUT2D eigenvalue weighted by molar-refractivity contribution is 5.86. The van der Waals surface area contributed by atoms with E-state index in [1.807, 2.05) is 32.2 Å². The van der Waals surface area contributed by atoms with Gasteiger partial charge in [-0.1, -0.05) is 13.8 Å². The van der Waals surface area contributed by atoms with Crippen LogP contribution in [0.15, 0.2) is 18.3 Å². The van der Waals surface area contributed by atoms with Crippen LogP contribution in [0.25, 0.3) is 0 Å². The maximum Gasteiger partial charge on any atom is 0.242 e. The molecule has 0 bridgehead atoms. The van der Waals surface area contributed by atoms with Crippen molar-refractivity contribution in [3.05, 3.63) is 24.0 Å². The summed E-state index contributed by atoms with van der Waals surface area (Å²) in [4.78, 5) is 18.4. The first-order valence-corrected chi connectivity index (χ1v) is 6.93. The van der Waals surface area contributed by atoms with Crippen molar-refractivity contribution in [3.63, 3.8) is 0 Å². The Morgan fingerprint density at radius 3 is 2.89 bits per heavy atom. The Morgan fingerprint density at radius 2 is 2.32 bits per heavy atom. The second-order valence-corrected chi connectivity index (χ2v) is 4.86. The van der Waals surface area contributed by atoms with Crippen LogP contribution in [-0.2, 0) is 4.79 Å². The molecule has 1 saturated heterocycles. The first kappa shape index (κ1) is 13.8. The summed E-state index contributed by atoms with van der Waals surface area (Å²) in [6, 6.07) is 3.86. The molecular weight excluding hydrogens is 240 g/mol. The fraction of sp³-hybridized carbons (Fsp3) is 0.571. The van der Waals surface area contributed by atoms with E-state index in [9.17, 15) is 4.79 Å². The van der Waals surface area contributed by atoms with Gasteiger partial charge in [-0.2, -0.15) is 0 Å². The molecule has 2 heterocycles. The Morgan fingerprint density at radius 1 is 1.53 bits per heavy atom. The van der Waals surface area contributed by atoms with Crippen LogP contribution in [0, 0.1) is 0 Å². The molecule has 0 saturated carbocycles. The molecule has 0 radical (unpaired) electrons. The molecule has 1 aliphatic rings. The minimum atomic E-state index is -0.0961. The summed E-state index contributed by atoms with van der Waals surface area (Å²) >= 11 is 0. The molecule has 0 spiro atoms. The van der Waals surface area contributed by atoms with Gasteiger partial charge in [0.05, 0.1) is 17.6 Å². The number of piperazine rings is 1. The van der Waals surface area contributed by atoms with Crippen LogP contribution >= 0.6 is 0 Å². The van der Waals surface area contributed by atoms with Crippen molar-refractivity contribution in [2.75, 3.05) is 18.0 Å². The number of pyridine rings is 1. The molecule has 5 heteroatoms. The molecule has 2 atom stereocenters. The lowest BCUT2D eigenvalue weighted by Crippen LogP contribution is -2.55. The van der Waals surface area contributed by atoms with Crippen LogP contribution in [-0.4, -0.2) is 30.0 Å². The van der Waals surface area contributed by atoms with Gasteiger partial charge in [-0.05, 0) is 25.0 Å². The Labute approximate surface area is 114 Å². The second-order valence-electron chi connectivity index (χ2n) is 4.86. The fourth-order valence-corrected chi connectivity index (χ4v) is 2.43. The number of carbonyl (C=O) groups is 1. The smallest absolute Gasteiger partial charge is 0.242 e. The van der Waals surface area contributed by atoms with Gasteiger partial charge in [-0.25, -0.2) is 0 Å². The molecule has 1 aromatic rings. The molecule has 19 heavy (non-hydrogen) atoms. The minimum absolute atomic E-state index is 0.0133. The normalized spacial score (nSPS) is 21.1. The SMILES string of the molecule is CCC1C(=O)NCCN1c1ccc([C@@H](N)CC)nc1. The number of nitrogens with zero attached hydrogens (tertiary/aromatic N) is 2. The van der Waals surface area contributed by atoms with Crippen LogP contribution in [0.4, 0.5) is 5.69 Å². The van der Waals surface area contributed by atoms with Gasteiger partial charge in [0.25, 0.3) is 0 Å². The summed E-state index contributed by atoms with van der Waals surface area (Å²) < 4.78 is 0. The minimum Gasteiger partial charge on any atom is -0.357 e. The van der Waals surface area contributed by atoms with E-state index < -0.39 is 0 Å². The second kappa shape index (κ2) is 6.02. The Balaban J connectivity index is 2.18. The number of nitrogens with two attached hydrogens (primary N) is 1. The van der Waals surface area contributed by atoms with E-state index in [0.29, 0.717) is 6.54 Å². The van der Waals surface area contributed by atoms with Crippen molar-refractivity contribution in [3.8, 4) is 0 Å². The molecule has 3 N–H and O–H groups in total. The van der Waals surface area contributed by atoms with Gasteiger partial charge in [-0.15, -0.1) is 0 Å². The molecule has 2 rings (SSSR count). The van der Waals surface area contributed by atoms with Crippen molar-refractivity contribution in [1.29, 1.82) is 0 Å². The maximum atomic E-state index is 11.8. The average molecular weight is 262 g/mol. The van der Waals surface area contributed by atoms with Crippen LogP contribution in [0.2, 0.25) is 0 Å². The van der Waals surface area contributed by atoms with Crippen LogP contribution in [0.5, 0.6) is 0 Å². The number of rotatable bonds is 4. The molecule has 1 amide bonds. The molecule has 104 valence electrons. The van der Waals surface area contributed by atoms with Crippen LogP contribution < -0.4 is 16.0 Å². The fourth-order valence-electron chi connectivity index (χ4n) is 2.43. The number of carbonyl (C=O) groups excluding carboxylic acids is 1. The van der Waals surface area contributed by atoms with E-state index in [-0.39, 0.29) is 18.0 Å². The Kier molecular flexibility index (Phi) is 4.37. The van der Waals surface area contributed by atoms with Gasteiger partial charge >= 0.3 is 0 Å². The van der Waals surface area contributed by atoms with Crippen molar-refractivity contribution in [1.82, 2.24) is 10.3 Å². The number of amides is 1. The molecular formula is C14H22N4O. The largest absolute Gasteiger partial charge is 0.357 e. The summed E-state index contributed by atoms with van der Waals surface area (Å²) in [7, 11) is 0. The zero-order valence-corrected chi connectivity index (χ0v) is 11.6. The van der Waals surface area contributed by atoms with Gasteiger partial charge in [-0.3, -0.25) is 9.78 Å². The zero-order valence-electron chi connectivity index (χ0n) is 11.6. The van der Waals surface area contributed by atoms with E-state index in [4.69, 9.17) is 5.73 Å². The summed E-state index contributed by atoms with van der Waals surface area (Å²) in [5, 5.41) is 2.90. The van der Waals surface area contributed by atoms with Crippen molar-refractivity contribution < 1.29 is 4.79 Å². The van der Waals surface area contributed by atoms with Crippen molar-refractivity contribution in [2.45, 2.75) is 38.8 Å². The topological polar surface area (TPSA) is 71.2 Å². The lowest BCUT2D eigenvalue weighted by Gasteiger charge is -2.36. The third-order valence-electron chi connectivity index (χ3n) is 3.64. The first-order valence-electron chi connectivity index (χ1n) is 6.93. The number of anilines is 1. The molecule has 1 fully saturated rings. The van der Waals surface area contributed by atoms with Crippen LogP contribution in [0.1, 0.15) is 38.4 Å². The summed E-state index contributed by atoms with van der Waals surface area (Å²) in [6.45, 7) is 5.58. The third kappa shape index (κ3) is 2.87. The lowest BCUT2D eigenvalue weighted by molar-refractivity contribution is -0.123. The monoisotopic (exact) mass is 262 g/mol. The summed E-state index contributed by atoms with van der Waals surface area (Å²) in [6.07, 6.45) is 3.49. The van der Waals surface area contributed by atoms with Crippen LogP contribution in [0.3, 0.4) is 0 Å². The van der Waals surface area contributed by atoms with Crippen molar-refractivity contribution >= 4 is 11.6 Å². The van der Waals surface area contributed by atoms with E-state index >= 15 is 0 Å². The van der Waals surface area contributed by atoms with E-state index in [1.165, 1.54) is 0 Å². The van der Waals surface area contributed by atoms with Gasteiger partial charge in [0.15, 0.2) is 0 Å². The van der Waals surface area contributed by atoms with E-state index in [0.717, 1.165) is 30.8 Å². The highest BCUT2D eigenvalue weighted by Gasteiger charge is 2.28. The first-order chi connectivity index (χ1) is 9.17. The number of aromatic nitrogens is 1. The van der Waals surface area contributed by atoms with E-state index in [2.05, 4.69) is 15.2 Å². The van der Waals surface area contributed by atoms with Gasteiger partial charge in [0.1, 0.15) is 6.04 Å². The Hall–Kier alpha value is -1.62. The highest BCUT2D eigenvalue weighted by Crippen LogP contribution is 2.21. The van der Waals surface area contributed by atoms with Gasteiger partial charge < -0.3 is 16.0 Å². The lowest BCUT2D eigenvalue weighted by atomic mass is 10.1. The molecule has 1 aliphatic heterocycles. The average Bonchev–Trinajstić information content (AvgIpc) is 2.46. The Bertz CT molecular complexity index is 432. The molecule has 0 aliphatic carbocycles. The molecule has 1 unspecified atom stereocenters. The predicted octanol–water partition coefficient (Wildman–Crippen LogP) is 1.21. The number of hydrogen-bond acceptors (Lipinski definition) is 4. The molecule has 5 nitrogen and oxygen atoms in total. The third-order valence-corrected chi connectivity index (χ3v) is 3.64. The van der Waals surface area contributed by atoms with Crippen molar-refractivity contribution in [2.24, 2.45) is 5.73 Å². The molecule has 1 aromatic heterocycles. The molecule has 0 aromatic carbocycles. The van der Waals surface area contributed by atoms with E-state index in [1.54, 1.807) is 0 Å². The predicted molar refractivity (Wildman–Crippen MR) is 75.9 cm³/mol. The zero-order chi connectivity index (χ0) is 13.8. The highest BCUT2D eigenvalue weighted by atomic mass is 16.2. The number of nitrogens with one attached hydrogen (secondary N) is 1. The van der Waals surface area contributed by atoms with Gasteiger partial charge in [0.2, 0.25) is 5.91 Å². The quantitative estimate of drug-likeness (QED) is 0.855. The maximum absolute atomic E-state index is 11.8. The van der Waals surface area contributed by atoms with Gasteiger partial charge in [0, 0.05) is 19.1 Å².